The standard InChI is InChI=1S/C15H20N4OS/c1-10(9-21-3)19(2)15(20)12-8-14(18-16)17-13-7-5-4-6-11(12)13/h4-8,10H,9,16H2,1-3H3,(H,17,18). The Morgan fingerprint density at radius 1 is 1.48 bits per heavy atom. The number of hydrogen-bond donors (Lipinski definition) is 2. The third kappa shape index (κ3) is 3.28. The maximum atomic E-state index is 12.8. The van der Waals surface area contributed by atoms with Crippen LogP contribution in [-0.2, 0) is 0 Å². The normalized spacial score (nSPS) is 12.2. The van der Waals surface area contributed by atoms with Crippen LogP contribution in [0.15, 0.2) is 30.3 Å². The molecule has 2 aromatic rings. The summed E-state index contributed by atoms with van der Waals surface area (Å²) in [6.07, 6.45) is 2.03. The molecule has 1 heterocycles. The highest BCUT2D eigenvalue weighted by Gasteiger charge is 2.20. The van der Waals surface area contributed by atoms with Crippen molar-refractivity contribution in [3.63, 3.8) is 0 Å². The summed E-state index contributed by atoms with van der Waals surface area (Å²) in [5.74, 6) is 6.82. The zero-order chi connectivity index (χ0) is 15.4. The second-order valence-electron chi connectivity index (χ2n) is 4.94. The molecule has 1 atom stereocenters. The van der Waals surface area contributed by atoms with E-state index in [1.165, 1.54) is 0 Å². The summed E-state index contributed by atoms with van der Waals surface area (Å²) in [7, 11) is 1.83. The maximum absolute atomic E-state index is 12.8. The number of fused-ring (bicyclic) bond motifs is 1. The number of nitrogens with one attached hydrogen (secondary N) is 1. The van der Waals surface area contributed by atoms with E-state index in [1.54, 1.807) is 22.7 Å². The predicted octanol–water partition coefficient (Wildman–Crippen LogP) is 2.34. The number of anilines is 1. The number of aromatic nitrogens is 1. The lowest BCUT2D eigenvalue weighted by Crippen LogP contribution is -2.36. The fourth-order valence-corrected chi connectivity index (χ4v) is 2.88. The zero-order valence-corrected chi connectivity index (χ0v) is 13.3. The number of para-hydroxylation sites is 1. The maximum Gasteiger partial charge on any atom is 0.254 e. The first-order valence-electron chi connectivity index (χ1n) is 6.71. The lowest BCUT2D eigenvalue weighted by molar-refractivity contribution is 0.0759. The van der Waals surface area contributed by atoms with Crippen LogP contribution in [-0.4, -0.2) is 40.9 Å². The molecule has 0 saturated heterocycles. The zero-order valence-electron chi connectivity index (χ0n) is 12.5. The number of rotatable bonds is 5. The van der Waals surface area contributed by atoms with Crippen LogP contribution >= 0.6 is 11.8 Å². The van der Waals surface area contributed by atoms with Crippen LogP contribution in [0, 0.1) is 0 Å². The van der Waals surface area contributed by atoms with Gasteiger partial charge >= 0.3 is 0 Å². The van der Waals surface area contributed by atoms with Crippen molar-refractivity contribution < 1.29 is 4.79 Å². The molecule has 0 saturated carbocycles. The average molecular weight is 304 g/mol. The van der Waals surface area contributed by atoms with Crippen molar-refractivity contribution in [2.45, 2.75) is 13.0 Å². The summed E-state index contributed by atoms with van der Waals surface area (Å²) in [6.45, 7) is 2.04. The van der Waals surface area contributed by atoms with E-state index in [0.29, 0.717) is 11.4 Å². The third-order valence-corrected chi connectivity index (χ3v) is 4.30. The van der Waals surface area contributed by atoms with E-state index >= 15 is 0 Å². The molecule has 1 unspecified atom stereocenters. The molecule has 0 fully saturated rings. The van der Waals surface area contributed by atoms with Gasteiger partial charge in [0.15, 0.2) is 0 Å². The van der Waals surface area contributed by atoms with Crippen LogP contribution in [0.5, 0.6) is 0 Å². The third-order valence-electron chi connectivity index (χ3n) is 3.48. The van der Waals surface area contributed by atoms with Crippen molar-refractivity contribution in [3.05, 3.63) is 35.9 Å². The minimum Gasteiger partial charge on any atom is -0.338 e. The number of hydrogen-bond acceptors (Lipinski definition) is 5. The first-order chi connectivity index (χ1) is 10.1. The van der Waals surface area contributed by atoms with Gasteiger partial charge in [-0.25, -0.2) is 10.8 Å². The van der Waals surface area contributed by atoms with E-state index in [2.05, 4.69) is 10.4 Å². The van der Waals surface area contributed by atoms with Crippen LogP contribution in [0.25, 0.3) is 10.9 Å². The second kappa shape index (κ2) is 6.78. The Labute approximate surface area is 128 Å². The highest BCUT2D eigenvalue weighted by Crippen LogP contribution is 2.22. The largest absolute Gasteiger partial charge is 0.338 e. The van der Waals surface area contributed by atoms with Crippen molar-refractivity contribution in [3.8, 4) is 0 Å². The summed E-state index contributed by atoms with van der Waals surface area (Å²) in [5, 5.41) is 0.838. The fraction of sp³-hybridized carbons (Fsp3) is 0.333. The first-order valence-corrected chi connectivity index (χ1v) is 8.10. The number of nitrogen functional groups attached to an aromatic ring is 1. The molecule has 3 N–H and O–H groups in total. The van der Waals surface area contributed by atoms with E-state index in [1.807, 2.05) is 44.5 Å². The van der Waals surface area contributed by atoms with Gasteiger partial charge < -0.3 is 10.3 Å². The minimum absolute atomic E-state index is 0.0216. The molecule has 6 heteroatoms. The lowest BCUT2D eigenvalue weighted by Gasteiger charge is -2.25. The van der Waals surface area contributed by atoms with Crippen molar-refractivity contribution in [1.29, 1.82) is 0 Å². The van der Waals surface area contributed by atoms with Crippen molar-refractivity contribution >= 4 is 34.4 Å². The molecule has 0 aliphatic carbocycles. The number of carbonyl (C=O) groups is 1. The number of nitrogens with two attached hydrogens (primary N) is 1. The van der Waals surface area contributed by atoms with Gasteiger partial charge in [0.2, 0.25) is 0 Å². The Balaban J connectivity index is 2.46. The van der Waals surface area contributed by atoms with E-state index in [-0.39, 0.29) is 11.9 Å². The number of hydrazine groups is 1. The number of thioether (sulfide) groups is 1. The molecule has 0 aliphatic heterocycles. The smallest absolute Gasteiger partial charge is 0.254 e. The number of carbonyl (C=O) groups excluding carboxylic acids is 1. The summed E-state index contributed by atoms with van der Waals surface area (Å²) in [4.78, 5) is 18.9. The van der Waals surface area contributed by atoms with Gasteiger partial charge in [0.05, 0.1) is 11.1 Å². The Morgan fingerprint density at radius 3 is 2.86 bits per heavy atom. The minimum atomic E-state index is -0.0216. The number of nitrogens with zero attached hydrogens (tertiary/aromatic N) is 2. The van der Waals surface area contributed by atoms with Gasteiger partial charge in [0, 0.05) is 24.2 Å². The Hall–Kier alpha value is -1.79. The summed E-state index contributed by atoms with van der Waals surface area (Å²) in [6, 6.07) is 9.44. The number of amides is 1. The molecule has 5 nitrogen and oxygen atoms in total. The van der Waals surface area contributed by atoms with Gasteiger partial charge in [-0.05, 0) is 25.3 Å². The van der Waals surface area contributed by atoms with Gasteiger partial charge in [-0.2, -0.15) is 11.8 Å². The Morgan fingerprint density at radius 2 is 2.19 bits per heavy atom. The molecule has 0 aliphatic rings. The van der Waals surface area contributed by atoms with Gasteiger partial charge in [-0.15, -0.1) is 0 Å². The monoisotopic (exact) mass is 304 g/mol. The van der Waals surface area contributed by atoms with E-state index in [9.17, 15) is 4.79 Å². The molecule has 0 spiro atoms. The number of pyridine rings is 1. The van der Waals surface area contributed by atoms with Gasteiger partial charge in [-0.1, -0.05) is 18.2 Å². The first kappa shape index (κ1) is 15.6. The van der Waals surface area contributed by atoms with Gasteiger partial charge in [-0.3, -0.25) is 4.79 Å². The summed E-state index contributed by atoms with van der Waals surface area (Å²) < 4.78 is 0. The molecule has 0 radical (unpaired) electrons. The highest BCUT2D eigenvalue weighted by atomic mass is 32.2. The number of benzene rings is 1. The molecule has 1 aromatic carbocycles. The second-order valence-corrected chi connectivity index (χ2v) is 5.85. The topological polar surface area (TPSA) is 71.2 Å². The molecular weight excluding hydrogens is 284 g/mol. The average Bonchev–Trinajstić information content (AvgIpc) is 2.52. The Kier molecular flexibility index (Phi) is 5.03. The molecule has 0 bridgehead atoms. The highest BCUT2D eigenvalue weighted by molar-refractivity contribution is 7.98. The van der Waals surface area contributed by atoms with Gasteiger partial charge in [0.1, 0.15) is 5.82 Å². The summed E-state index contributed by atoms with van der Waals surface area (Å²) >= 11 is 1.72. The molecular formula is C15H20N4OS. The molecule has 2 rings (SSSR count). The van der Waals surface area contributed by atoms with Crippen LogP contribution in [0.4, 0.5) is 5.82 Å². The van der Waals surface area contributed by atoms with Crippen LogP contribution in [0.1, 0.15) is 17.3 Å². The Bertz CT molecular complexity index is 647. The quantitative estimate of drug-likeness (QED) is 0.655. The molecule has 21 heavy (non-hydrogen) atoms. The van der Waals surface area contributed by atoms with E-state index in [0.717, 1.165) is 16.7 Å². The molecule has 1 amide bonds. The predicted molar refractivity (Wildman–Crippen MR) is 89.5 cm³/mol. The van der Waals surface area contributed by atoms with Crippen molar-refractivity contribution in [1.82, 2.24) is 9.88 Å². The molecule has 1 aromatic heterocycles. The fourth-order valence-electron chi connectivity index (χ4n) is 2.17. The van der Waals surface area contributed by atoms with Crippen molar-refractivity contribution in [2.75, 3.05) is 24.5 Å². The van der Waals surface area contributed by atoms with Gasteiger partial charge in [0.25, 0.3) is 5.91 Å². The van der Waals surface area contributed by atoms with E-state index < -0.39 is 0 Å². The SMILES string of the molecule is CSCC(C)N(C)C(=O)c1cc(NN)nc2ccccc12. The lowest BCUT2D eigenvalue weighted by atomic mass is 10.1. The van der Waals surface area contributed by atoms with Crippen LogP contribution in [0.3, 0.4) is 0 Å². The van der Waals surface area contributed by atoms with Crippen molar-refractivity contribution in [2.24, 2.45) is 5.84 Å². The van der Waals surface area contributed by atoms with Crippen LogP contribution in [0.2, 0.25) is 0 Å². The van der Waals surface area contributed by atoms with E-state index in [4.69, 9.17) is 5.84 Å². The molecule has 112 valence electrons. The van der Waals surface area contributed by atoms with Crippen LogP contribution < -0.4 is 11.3 Å². The summed E-state index contributed by atoms with van der Waals surface area (Å²) in [5.41, 5.74) is 3.89.